The van der Waals surface area contributed by atoms with E-state index in [9.17, 15) is 0 Å². The number of nitrogens with one attached hydrogen (secondary N) is 1. The maximum atomic E-state index is 3.54. The molecule has 0 spiro atoms. The van der Waals surface area contributed by atoms with E-state index in [-0.39, 0.29) is 5.54 Å². The highest BCUT2D eigenvalue weighted by Crippen LogP contribution is 2.40. The van der Waals surface area contributed by atoms with Gasteiger partial charge in [-0.25, -0.2) is 0 Å². The summed E-state index contributed by atoms with van der Waals surface area (Å²) in [6.45, 7) is 6.88. The van der Waals surface area contributed by atoms with Crippen molar-refractivity contribution < 1.29 is 0 Å². The molecule has 1 aliphatic rings. The third-order valence-corrected chi connectivity index (χ3v) is 6.30. The summed E-state index contributed by atoms with van der Waals surface area (Å²) in [4.78, 5) is 0. The fourth-order valence-corrected chi connectivity index (χ4v) is 4.62. The molecule has 2 nitrogen and oxygen atoms in total. The summed E-state index contributed by atoms with van der Waals surface area (Å²) < 4.78 is 2.52. The molecule has 0 saturated carbocycles. The second kappa shape index (κ2) is 7.21. The van der Waals surface area contributed by atoms with E-state index in [1.807, 2.05) is 6.07 Å². The summed E-state index contributed by atoms with van der Waals surface area (Å²) in [6.07, 6.45) is 8.13. The van der Waals surface area contributed by atoms with Gasteiger partial charge in [0.2, 0.25) is 0 Å². The average Bonchev–Trinajstić information content (AvgIpc) is 3.09. The smallest absolute Gasteiger partial charge is 0.0643 e. The molecule has 2 heteroatoms. The van der Waals surface area contributed by atoms with Crippen molar-refractivity contribution in [2.45, 2.75) is 32.7 Å². The fraction of sp³-hybridized carbons (Fsp3) is 0.214. The summed E-state index contributed by atoms with van der Waals surface area (Å²) in [6, 6.07) is 25.9. The summed E-state index contributed by atoms with van der Waals surface area (Å²) in [5.41, 5.74) is 6.15. The molecule has 4 aromatic rings. The van der Waals surface area contributed by atoms with Crippen LogP contribution in [0.5, 0.6) is 0 Å². The van der Waals surface area contributed by atoms with Crippen molar-refractivity contribution in [1.29, 1.82) is 0 Å². The minimum absolute atomic E-state index is 0.0753. The van der Waals surface area contributed by atoms with Crippen molar-refractivity contribution in [2.75, 3.05) is 5.32 Å². The number of fused-ring (bicyclic) bond motifs is 3. The number of rotatable bonds is 4. The van der Waals surface area contributed by atoms with Gasteiger partial charge in [-0.05, 0) is 61.2 Å². The molecule has 1 aromatic heterocycles. The molecule has 30 heavy (non-hydrogen) atoms. The predicted molar refractivity (Wildman–Crippen MR) is 129 cm³/mol. The molecular weight excluding hydrogens is 364 g/mol. The van der Waals surface area contributed by atoms with E-state index in [1.54, 1.807) is 0 Å². The Morgan fingerprint density at radius 1 is 0.833 bits per heavy atom. The highest BCUT2D eigenvalue weighted by Gasteiger charge is 2.28. The zero-order valence-corrected chi connectivity index (χ0v) is 17.9. The third-order valence-electron chi connectivity index (χ3n) is 6.30. The van der Waals surface area contributed by atoms with Gasteiger partial charge in [-0.15, -0.1) is 0 Å². The lowest BCUT2D eigenvalue weighted by Gasteiger charge is -2.32. The summed E-state index contributed by atoms with van der Waals surface area (Å²) in [5.74, 6) is 0.565. The molecule has 3 aromatic carbocycles. The number of anilines is 2. The maximum Gasteiger partial charge on any atom is 0.0643 e. The van der Waals surface area contributed by atoms with Crippen LogP contribution in [-0.2, 0) is 5.54 Å². The number of hydrogen-bond donors (Lipinski definition) is 1. The van der Waals surface area contributed by atoms with E-state index in [4.69, 9.17) is 0 Å². The molecule has 0 aliphatic heterocycles. The molecule has 5 rings (SSSR count). The topological polar surface area (TPSA) is 17.0 Å². The van der Waals surface area contributed by atoms with E-state index in [1.165, 1.54) is 27.4 Å². The van der Waals surface area contributed by atoms with Gasteiger partial charge in [-0.1, -0.05) is 68.5 Å². The van der Waals surface area contributed by atoms with Crippen LogP contribution in [0, 0.1) is 5.92 Å². The van der Waals surface area contributed by atoms with Crippen LogP contribution in [-0.4, -0.2) is 4.57 Å². The molecule has 0 saturated heterocycles. The van der Waals surface area contributed by atoms with Crippen LogP contribution in [0.15, 0.2) is 96.6 Å². The van der Waals surface area contributed by atoms with Gasteiger partial charge in [-0.3, -0.25) is 0 Å². The van der Waals surface area contributed by atoms with E-state index >= 15 is 0 Å². The number of allylic oxidation sites excluding steroid dienone is 4. The molecular formula is C28H28N2. The van der Waals surface area contributed by atoms with Crippen molar-refractivity contribution in [2.24, 2.45) is 5.92 Å². The van der Waals surface area contributed by atoms with Crippen LogP contribution in [0.1, 0.15) is 27.2 Å². The Morgan fingerprint density at radius 2 is 1.57 bits per heavy atom. The first-order chi connectivity index (χ1) is 14.5. The third kappa shape index (κ3) is 3.13. The Hall–Kier alpha value is -3.26. The summed E-state index contributed by atoms with van der Waals surface area (Å²) in [7, 11) is 0. The van der Waals surface area contributed by atoms with Gasteiger partial charge in [0.15, 0.2) is 0 Å². The van der Waals surface area contributed by atoms with Crippen molar-refractivity contribution in [1.82, 2.24) is 4.57 Å². The fourth-order valence-electron chi connectivity index (χ4n) is 4.62. The molecule has 0 fully saturated rings. The largest absolute Gasteiger partial charge is 0.356 e. The van der Waals surface area contributed by atoms with Gasteiger partial charge >= 0.3 is 0 Å². The number of hydrogen-bond acceptors (Lipinski definition) is 1. The highest BCUT2D eigenvalue weighted by atomic mass is 15.1. The van der Waals surface area contributed by atoms with Crippen LogP contribution in [0.2, 0.25) is 0 Å². The molecule has 0 radical (unpaired) electrons. The second-order valence-corrected chi connectivity index (χ2v) is 8.83. The van der Waals surface area contributed by atoms with Crippen LogP contribution in [0.25, 0.3) is 21.8 Å². The SMILES string of the molecule is CC(C)C1=CCC(C)(n2c3ccccc3c3cc(Nc4ccccc4)ccc32)C=C1. The lowest BCUT2D eigenvalue weighted by molar-refractivity contribution is 0.433. The zero-order chi connectivity index (χ0) is 20.7. The first-order valence-corrected chi connectivity index (χ1v) is 10.8. The van der Waals surface area contributed by atoms with Gasteiger partial charge in [-0.2, -0.15) is 0 Å². The number of nitrogens with zero attached hydrogens (tertiary/aromatic N) is 1. The minimum atomic E-state index is -0.0753. The molecule has 0 amide bonds. The first kappa shape index (κ1) is 18.7. The number of aromatic nitrogens is 1. The lowest BCUT2D eigenvalue weighted by Crippen LogP contribution is -2.28. The van der Waals surface area contributed by atoms with E-state index in [0.29, 0.717) is 5.92 Å². The van der Waals surface area contributed by atoms with Gasteiger partial charge in [0.05, 0.1) is 11.1 Å². The predicted octanol–water partition coefficient (Wildman–Crippen LogP) is 7.80. The zero-order valence-electron chi connectivity index (χ0n) is 17.9. The van der Waals surface area contributed by atoms with Gasteiger partial charge in [0, 0.05) is 27.7 Å². The summed E-state index contributed by atoms with van der Waals surface area (Å²) >= 11 is 0. The quantitative estimate of drug-likeness (QED) is 0.375. The van der Waals surface area contributed by atoms with Crippen molar-refractivity contribution in [3.8, 4) is 0 Å². The number of para-hydroxylation sites is 2. The van der Waals surface area contributed by atoms with Crippen LogP contribution in [0.4, 0.5) is 11.4 Å². The lowest BCUT2D eigenvalue weighted by atomic mass is 9.86. The molecule has 1 aliphatic carbocycles. The van der Waals surface area contributed by atoms with E-state index in [0.717, 1.165) is 17.8 Å². The average molecular weight is 393 g/mol. The van der Waals surface area contributed by atoms with Crippen LogP contribution in [0.3, 0.4) is 0 Å². The first-order valence-electron chi connectivity index (χ1n) is 10.8. The molecule has 150 valence electrons. The van der Waals surface area contributed by atoms with E-state index < -0.39 is 0 Å². The Morgan fingerprint density at radius 3 is 2.30 bits per heavy atom. The number of benzene rings is 3. The standard InChI is InChI=1S/C28H28N2/c1-20(2)21-15-17-28(3,18-16-21)30-26-12-8-7-11-24(26)25-19-23(13-14-27(25)30)29-22-9-5-4-6-10-22/h4-17,19-20,29H,18H2,1-3H3. The Labute approximate surface area is 178 Å². The van der Waals surface area contributed by atoms with Crippen LogP contribution >= 0.6 is 0 Å². The monoisotopic (exact) mass is 392 g/mol. The normalized spacial score (nSPS) is 18.9. The summed E-state index contributed by atoms with van der Waals surface area (Å²) in [5, 5.41) is 6.14. The van der Waals surface area contributed by atoms with Gasteiger partial charge in [0.1, 0.15) is 0 Å². The molecule has 0 bridgehead atoms. The second-order valence-electron chi connectivity index (χ2n) is 8.83. The highest BCUT2D eigenvalue weighted by molar-refractivity contribution is 6.09. The van der Waals surface area contributed by atoms with Gasteiger partial charge < -0.3 is 9.88 Å². The Balaban J connectivity index is 1.65. The van der Waals surface area contributed by atoms with Gasteiger partial charge in [0.25, 0.3) is 0 Å². The molecule has 1 N–H and O–H groups in total. The molecule has 1 unspecified atom stereocenters. The van der Waals surface area contributed by atoms with Crippen molar-refractivity contribution in [3.63, 3.8) is 0 Å². The van der Waals surface area contributed by atoms with Crippen molar-refractivity contribution in [3.05, 3.63) is 96.6 Å². The maximum absolute atomic E-state index is 3.54. The van der Waals surface area contributed by atoms with Crippen LogP contribution < -0.4 is 5.32 Å². The van der Waals surface area contributed by atoms with Crippen molar-refractivity contribution >= 4 is 33.2 Å². The molecule has 1 atom stereocenters. The minimum Gasteiger partial charge on any atom is -0.356 e. The van der Waals surface area contributed by atoms with E-state index in [2.05, 4.69) is 116 Å². The Kier molecular flexibility index (Phi) is 4.51. The Bertz CT molecular complexity index is 1270. The molecule has 1 heterocycles.